The highest BCUT2D eigenvalue weighted by Gasteiger charge is 2.15. The Morgan fingerprint density at radius 1 is 1.10 bits per heavy atom. The van der Waals surface area contributed by atoms with Crippen molar-refractivity contribution in [3.05, 3.63) is 59.8 Å². The van der Waals surface area contributed by atoms with Crippen LogP contribution in [-0.2, 0) is 32.5 Å². The van der Waals surface area contributed by atoms with Gasteiger partial charge >= 0.3 is 5.97 Å². The summed E-state index contributed by atoms with van der Waals surface area (Å²) >= 11 is 1.43. The lowest BCUT2D eigenvalue weighted by Gasteiger charge is -2.11. The summed E-state index contributed by atoms with van der Waals surface area (Å²) in [7, 11) is -3.47. The van der Waals surface area contributed by atoms with Gasteiger partial charge in [0.1, 0.15) is 12.5 Å². The van der Waals surface area contributed by atoms with Crippen molar-refractivity contribution in [1.82, 2.24) is 9.78 Å². The number of benzene rings is 2. The van der Waals surface area contributed by atoms with E-state index in [9.17, 15) is 18.3 Å². The standard InChI is InChI=1S/C22H24N2O5S2/c1-15-10-20(24(23-15)12-22(26)29-14-30-2)17-6-4-16(5-7-17)18-8-9-19(13-25)21(11-18)31(3,27)28/h4-11,25H,12-14H2,1-3H3. The number of ether oxygens (including phenoxy) is 1. The lowest BCUT2D eigenvalue weighted by molar-refractivity contribution is -0.142. The van der Waals surface area contributed by atoms with Gasteiger partial charge in [-0.15, -0.1) is 11.8 Å². The zero-order valence-corrected chi connectivity index (χ0v) is 19.2. The smallest absolute Gasteiger partial charge is 0.328 e. The third-order valence-corrected chi connectivity index (χ3v) is 6.20. The average Bonchev–Trinajstić information content (AvgIpc) is 3.11. The van der Waals surface area contributed by atoms with Crippen LogP contribution in [0.15, 0.2) is 53.4 Å². The van der Waals surface area contributed by atoms with Gasteiger partial charge in [0, 0.05) is 6.26 Å². The Morgan fingerprint density at radius 3 is 2.35 bits per heavy atom. The fraction of sp³-hybridized carbons (Fsp3) is 0.273. The number of carbonyl (C=O) groups excluding carboxylic acids is 1. The van der Waals surface area contributed by atoms with Gasteiger partial charge in [0.05, 0.1) is 22.9 Å². The van der Waals surface area contributed by atoms with Gasteiger partial charge in [-0.2, -0.15) is 5.10 Å². The molecule has 7 nitrogen and oxygen atoms in total. The Balaban J connectivity index is 1.91. The van der Waals surface area contributed by atoms with Gasteiger partial charge in [-0.05, 0) is 47.6 Å². The van der Waals surface area contributed by atoms with E-state index >= 15 is 0 Å². The summed E-state index contributed by atoms with van der Waals surface area (Å²) in [6.07, 6.45) is 2.98. The number of sulfone groups is 1. The Bertz CT molecular complexity index is 1190. The highest BCUT2D eigenvalue weighted by molar-refractivity contribution is 7.98. The largest absolute Gasteiger partial charge is 0.453 e. The summed E-state index contributed by atoms with van der Waals surface area (Å²) in [6.45, 7) is 1.53. The van der Waals surface area contributed by atoms with Crippen LogP contribution in [0.2, 0.25) is 0 Å². The van der Waals surface area contributed by atoms with E-state index in [-0.39, 0.29) is 24.0 Å². The molecule has 31 heavy (non-hydrogen) atoms. The molecule has 0 amide bonds. The molecular formula is C22H24N2O5S2. The molecule has 1 N–H and O–H groups in total. The van der Waals surface area contributed by atoms with E-state index in [1.165, 1.54) is 11.8 Å². The summed E-state index contributed by atoms with van der Waals surface area (Å²) in [4.78, 5) is 12.1. The van der Waals surface area contributed by atoms with Gasteiger partial charge in [-0.1, -0.05) is 36.4 Å². The zero-order chi connectivity index (χ0) is 22.6. The molecular weight excluding hydrogens is 436 g/mol. The Labute approximate surface area is 186 Å². The fourth-order valence-corrected chi connectivity index (χ4v) is 4.43. The van der Waals surface area contributed by atoms with Gasteiger partial charge in [0.2, 0.25) is 0 Å². The van der Waals surface area contributed by atoms with E-state index in [1.54, 1.807) is 22.9 Å². The molecule has 1 heterocycles. The summed E-state index contributed by atoms with van der Waals surface area (Å²) < 4.78 is 30.9. The first-order valence-electron chi connectivity index (χ1n) is 9.46. The molecule has 0 radical (unpaired) electrons. The van der Waals surface area contributed by atoms with Crippen LogP contribution < -0.4 is 0 Å². The van der Waals surface area contributed by atoms with Crippen molar-refractivity contribution in [3.63, 3.8) is 0 Å². The molecule has 0 unspecified atom stereocenters. The molecule has 164 valence electrons. The number of aliphatic hydroxyl groups is 1. The normalized spacial score (nSPS) is 11.5. The van der Waals surface area contributed by atoms with E-state index in [1.807, 2.05) is 43.5 Å². The second-order valence-electron chi connectivity index (χ2n) is 7.08. The molecule has 0 fully saturated rings. The number of aromatic nitrogens is 2. The van der Waals surface area contributed by atoms with Crippen molar-refractivity contribution in [2.75, 3.05) is 18.5 Å². The first-order chi connectivity index (χ1) is 14.7. The van der Waals surface area contributed by atoms with Crippen molar-refractivity contribution in [2.45, 2.75) is 25.0 Å². The van der Waals surface area contributed by atoms with Crippen molar-refractivity contribution in [3.8, 4) is 22.4 Å². The number of nitrogens with zero attached hydrogens (tertiary/aromatic N) is 2. The number of esters is 1. The number of rotatable bonds is 8. The zero-order valence-electron chi connectivity index (χ0n) is 17.5. The molecule has 0 saturated heterocycles. The highest BCUT2D eigenvalue weighted by atomic mass is 32.2. The molecule has 0 atom stereocenters. The molecule has 0 aliphatic rings. The number of aliphatic hydroxyl groups excluding tert-OH is 1. The minimum atomic E-state index is -3.47. The van der Waals surface area contributed by atoms with Crippen LogP contribution in [0.4, 0.5) is 0 Å². The van der Waals surface area contributed by atoms with Crippen LogP contribution in [0.3, 0.4) is 0 Å². The van der Waals surface area contributed by atoms with E-state index in [0.29, 0.717) is 11.5 Å². The lowest BCUT2D eigenvalue weighted by Crippen LogP contribution is -2.15. The van der Waals surface area contributed by atoms with Crippen molar-refractivity contribution >= 4 is 27.6 Å². The maximum Gasteiger partial charge on any atom is 0.328 e. The van der Waals surface area contributed by atoms with Gasteiger partial charge in [-0.25, -0.2) is 8.42 Å². The summed E-state index contributed by atoms with van der Waals surface area (Å²) in [5.41, 5.74) is 4.38. The van der Waals surface area contributed by atoms with E-state index < -0.39 is 9.84 Å². The molecule has 1 aromatic heterocycles. The van der Waals surface area contributed by atoms with Gasteiger partial charge in [0.25, 0.3) is 0 Å². The van der Waals surface area contributed by atoms with Crippen LogP contribution >= 0.6 is 11.8 Å². The highest BCUT2D eigenvalue weighted by Crippen LogP contribution is 2.28. The average molecular weight is 461 g/mol. The number of hydrogen-bond donors (Lipinski definition) is 1. The summed E-state index contributed by atoms with van der Waals surface area (Å²) in [5.74, 6) is -0.0548. The minimum Gasteiger partial charge on any atom is -0.453 e. The summed E-state index contributed by atoms with van der Waals surface area (Å²) in [6, 6.07) is 14.4. The Hall–Kier alpha value is -2.62. The first kappa shape index (κ1) is 23.1. The molecule has 9 heteroatoms. The fourth-order valence-electron chi connectivity index (χ4n) is 3.23. The Morgan fingerprint density at radius 2 is 1.74 bits per heavy atom. The lowest BCUT2D eigenvalue weighted by atomic mass is 10.0. The first-order valence-corrected chi connectivity index (χ1v) is 12.7. The molecule has 0 spiro atoms. The molecule has 0 aliphatic carbocycles. The number of thioether (sulfide) groups is 1. The third-order valence-electron chi connectivity index (χ3n) is 4.67. The molecule has 3 aromatic rings. The predicted octanol–water partition coefficient (Wildman–Crippen LogP) is 3.29. The number of hydrogen-bond acceptors (Lipinski definition) is 7. The van der Waals surface area contributed by atoms with Crippen molar-refractivity contribution in [1.29, 1.82) is 0 Å². The number of carbonyl (C=O) groups is 1. The molecule has 3 rings (SSSR count). The Kier molecular flexibility index (Phi) is 7.19. The quantitative estimate of drug-likeness (QED) is 0.407. The van der Waals surface area contributed by atoms with Gasteiger partial charge in [0.15, 0.2) is 9.84 Å². The number of aryl methyl sites for hydroxylation is 1. The maximum absolute atomic E-state index is 12.1. The topological polar surface area (TPSA) is 98.5 Å². The second kappa shape index (κ2) is 9.67. The van der Waals surface area contributed by atoms with Crippen LogP contribution in [0.25, 0.3) is 22.4 Å². The molecule has 0 saturated carbocycles. The monoisotopic (exact) mass is 460 g/mol. The van der Waals surface area contributed by atoms with Crippen molar-refractivity contribution in [2.24, 2.45) is 0 Å². The molecule has 0 aliphatic heterocycles. The van der Waals surface area contributed by atoms with E-state index in [4.69, 9.17) is 4.74 Å². The molecule has 0 bridgehead atoms. The van der Waals surface area contributed by atoms with Gasteiger partial charge < -0.3 is 9.84 Å². The van der Waals surface area contributed by atoms with E-state index in [2.05, 4.69) is 5.10 Å². The second-order valence-corrected chi connectivity index (χ2v) is 9.88. The summed E-state index contributed by atoms with van der Waals surface area (Å²) in [5, 5.41) is 13.8. The maximum atomic E-state index is 12.1. The predicted molar refractivity (Wildman–Crippen MR) is 121 cm³/mol. The minimum absolute atomic E-state index is 0.0197. The van der Waals surface area contributed by atoms with Crippen LogP contribution in [-0.4, -0.2) is 47.7 Å². The third kappa shape index (κ3) is 5.55. The van der Waals surface area contributed by atoms with Gasteiger partial charge in [-0.3, -0.25) is 9.48 Å². The van der Waals surface area contributed by atoms with Crippen LogP contribution in [0.5, 0.6) is 0 Å². The van der Waals surface area contributed by atoms with E-state index in [0.717, 1.165) is 34.3 Å². The van der Waals surface area contributed by atoms with Crippen LogP contribution in [0.1, 0.15) is 11.3 Å². The molecule has 2 aromatic carbocycles. The van der Waals surface area contributed by atoms with Crippen LogP contribution in [0, 0.1) is 6.92 Å². The SMILES string of the molecule is CSCOC(=O)Cn1nc(C)cc1-c1ccc(-c2ccc(CO)c(S(C)(=O)=O)c2)cc1. The van der Waals surface area contributed by atoms with Crippen molar-refractivity contribution < 1.29 is 23.1 Å².